The second-order valence-corrected chi connectivity index (χ2v) is 4.56. The molecule has 0 aliphatic carbocycles. The Labute approximate surface area is 108 Å². The highest BCUT2D eigenvalue weighted by Crippen LogP contribution is 2.15. The van der Waals surface area contributed by atoms with Crippen molar-refractivity contribution in [2.45, 2.75) is 11.6 Å². The Kier molecular flexibility index (Phi) is 3.83. The predicted octanol–water partition coefficient (Wildman–Crippen LogP) is 0.759. The van der Waals surface area contributed by atoms with Gasteiger partial charge in [0.15, 0.2) is 5.82 Å². The third-order valence-corrected chi connectivity index (χ3v) is 3.19. The van der Waals surface area contributed by atoms with E-state index in [-0.39, 0.29) is 5.75 Å². The molecule has 3 N–H and O–H groups in total. The van der Waals surface area contributed by atoms with Gasteiger partial charge in [-0.15, -0.1) is 10.2 Å². The lowest BCUT2D eigenvalue weighted by molar-refractivity contribution is -0.133. The van der Waals surface area contributed by atoms with Crippen LogP contribution in [0.1, 0.15) is 11.4 Å². The van der Waals surface area contributed by atoms with Crippen molar-refractivity contribution in [1.29, 1.82) is 0 Å². The maximum absolute atomic E-state index is 10.5. The number of carboxylic acid groups (broad SMARTS) is 1. The van der Waals surface area contributed by atoms with Gasteiger partial charge in [0.1, 0.15) is 0 Å². The SMILES string of the molecule is Nn1c(Cc2ccccc2)nnc1SCC(=O)O. The molecule has 0 fully saturated rings. The molecule has 0 aliphatic rings. The molecule has 6 nitrogen and oxygen atoms in total. The van der Waals surface area contributed by atoms with E-state index in [1.807, 2.05) is 30.3 Å². The molecule has 0 unspecified atom stereocenters. The van der Waals surface area contributed by atoms with Crippen LogP contribution in [0.4, 0.5) is 0 Å². The summed E-state index contributed by atoms with van der Waals surface area (Å²) in [7, 11) is 0. The molecule has 0 saturated carbocycles. The Morgan fingerprint density at radius 3 is 2.72 bits per heavy atom. The minimum Gasteiger partial charge on any atom is -0.481 e. The Morgan fingerprint density at radius 2 is 2.06 bits per heavy atom. The molecule has 0 radical (unpaired) electrons. The van der Waals surface area contributed by atoms with Crippen molar-refractivity contribution in [3.8, 4) is 0 Å². The summed E-state index contributed by atoms with van der Waals surface area (Å²) in [5.74, 6) is 5.43. The summed E-state index contributed by atoms with van der Waals surface area (Å²) >= 11 is 1.05. The smallest absolute Gasteiger partial charge is 0.313 e. The van der Waals surface area contributed by atoms with Gasteiger partial charge in [0.25, 0.3) is 0 Å². The number of hydrogen-bond acceptors (Lipinski definition) is 5. The Bertz CT molecular complexity index is 541. The highest BCUT2D eigenvalue weighted by Gasteiger charge is 2.11. The molecule has 2 aromatic rings. The maximum atomic E-state index is 10.5. The number of nitrogens with zero attached hydrogens (tertiary/aromatic N) is 3. The molecular formula is C11H12N4O2S. The highest BCUT2D eigenvalue weighted by molar-refractivity contribution is 7.99. The van der Waals surface area contributed by atoms with Crippen LogP contribution in [0, 0.1) is 0 Å². The molecule has 0 aliphatic heterocycles. The van der Waals surface area contributed by atoms with E-state index < -0.39 is 5.97 Å². The number of hydrogen-bond donors (Lipinski definition) is 2. The first-order chi connectivity index (χ1) is 8.66. The van der Waals surface area contributed by atoms with Crippen LogP contribution in [0.2, 0.25) is 0 Å². The number of carboxylic acids is 1. The number of nitrogens with two attached hydrogens (primary N) is 1. The van der Waals surface area contributed by atoms with Crippen LogP contribution >= 0.6 is 11.8 Å². The van der Waals surface area contributed by atoms with Gasteiger partial charge in [-0.1, -0.05) is 42.1 Å². The van der Waals surface area contributed by atoms with Crippen molar-refractivity contribution in [3.05, 3.63) is 41.7 Å². The van der Waals surface area contributed by atoms with Gasteiger partial charge in [0, 0.05) is 6.42 Å². The Hall–Kier alpha value is -2.02. The van der Waals surface area contributed by atoms with E-state index in [0.717, 1.165) is 17.3 Å². The van der Waals surface area contributed by atoms with Crippen molar-refractivity contribution < 1.29 is 9.90 Å². The van der Waals surface area contributed by atoms with E-state index >= 15 is 0 Å². The zero-order valence-electron chi connectivity index (χ0n) is 9.48. The third kappa shape index (κ3) is 3.01. The van der Waals surface area contributed by atoms with Gasteiger partial charge < -0.3 is 10.9 Å². The number of rotatable bonds is 5. The summed E-state index contributed by atoms with van der Waals surface area (Å²) < 4.78 is 1.33. The van der Waals surface area contributed by atoms with Crippen molar-refractivity contribution in [1.82, 2.24) is 14.9 Å². The van der Waals surface area contributed by atoms with Crippen molar-refractivity contribution in [2.75, 3.05) is 11.6 Å². The molecule has 7 heteroatoms. The molecule has 0 amide bonds. The van der Waals surface area contributed by atoms with Crippen LogP contribution in [0.25, 0.3) is 0 Å². The summed E-state index contributed by atoms with van der Waals surface area (Å²) in [5, 5.41) is 16.8. The number of aliphatic carboxylic acids is 1. The van der Waals surface area contributed by atoms with E-state index in [1.54, 1.807) is 0 Å². The average Bonchev–Trinajstić information content (AvgIpc) is 2.70. The lowest BCUT2D eigenvalue weighted by atomic mass is 10.1. The minimum atomic E-state index is -0.910. The zero-order valence-corrected chi connectivity index (χ0v) is 10.3. The molecule has 1 aromatic heterocycles. The molecule has 0 bridgehead atoms. The lowest BCUT2D eigenvalue weighted by Gasteiger charge is -2.02. The summed E-state index contributed by atoms with van der Waals surface area (Å²) in [4.78, 5) is 10.5. The minimum absolute atomic E-state index is 0.0827. The van der Waals surface area contributed by atoms with E-state index in [0.29, 0.717) is 17.4 Å². The van der Waals surface area contributed by atoms with Gasteiger partial charge in [-0.25, -0.2) is 4.68 Å². The highest BCUT2D eigenvalue weighted by atomic mass is 32.2. The Balaban J connectivity index is 2.08. The molecule has 0 atom stereocenters. The van der Waals surface area contributed by atoms with Crippen LogP contribution in [-0.4, -0.2) is 31.7 Å². The first kappa shape index (κ1) is 12.4. The molecule has 1 aromatic carbocycles. The fourth-order valence-corrected chi connectivity index (χ4v) is 2.03. The maximum Gasteiger partial charge on any atom is 0.313 e. The standard InChI is InChI=1S/C11H12N4O2S/c12-15-9(6-8-4-2-1-3-5-8)13-14-11(15)18-7-10(16)17/h1-5H,6-7,12H2,(H,16,17). The number of benzene rings is 1. The average molecular weight is 264 g/mol. The van der Waals surface area contributed by atoms with Crippen LogP contribution in [0.15, 0.2) is 35.5 Å². The third-order valence-electron chi connectivity index (χ3n) is 2.26. The molecule has 94 valence electrons. The van der Waals surface area contributed by atoms with E-state index in [1.165, 1.54) is 4.68 Å². The van der Waals surface area contributed by atoms with Gasteiger partial charge >= 0.3 is 5.97 Å². The lowest BCUT2D eigenvalue weighted by Crippen LogP contribution is -2.15. The first-order valence-corrected chi connectivity index (χ1v) is 6.23. The summed E-state index contributed by atoms with van der Waals surface area (Å²) in [6, 6.07) is 9.75. The van der Waals surface area contributed by atoms with Crippen molar-refractivity contribution in [2.24, 2.45) is 0 Å². The van der Waals surface area contributed by atoms with Gasteiger partial charge in [0.05, 0.1) is 5.75 Å². The first-order valence-electron chi connectivity index (χ1n) is 5.24. The number of carbonyl (C=O) groups is 1. The molecule has 0 spiro atoms. The summed E-state index contributed by atoms with van der Waals surface area (Å²) in [5.41, 5.74) is 1.08. The predicted molar refractivity (Wildman–Crippen MR) is 67.8 cm³/mol. The zero-order chi connectivity index (χ0) is 13.0. The van der Waals surface area contributed by atoms with Gasteiger partial charge in [-0.05, 0) is 5.56 Å². The molecule has 2 rings (SSSR count). The van der Waals surface area contributed by atoms with Crippen LogP contribution in [0.5, 0.6) is 0 Å². The topological polar surface area (TPSA) is 94.0 Å². The second-order valence-electron chi connectivity index (χ2n) is 3.61. The second kappa shape index (κ2) is 5.54. The quantitative estimate of drug-likeness (QED) is 0.611. The van der Waals surface area contributed by atoms with Crippen LogP contribution < -0.4 is 5.84 Å². The Morgan fingerprint density at radius 1 is 1.33 bits per heavy atom. The normalized spacial score (nSPS) is 10.4. The fourth-order valence-electron chi connectivity index (χ4n) is 1.43. The van der Waals surface area contributed by atoms with Crippen LogP contribution in [-0.2, 0) is 11.2 Å². The van der Waals surface area contributed by atoms with Crippen molar-refractivity contribution >= 4 is 17.7 Å². The summed E-state index contributed by atoms with van der Waals surface area (Å²) in [6.45, 7) is 0. The molecule has 0 saturated heterocycles. The van der Waals surface area contributed by atoms with Gasteiger partial charge in [-0.2, -0.15) is 0 Å². The number of nitrogen functional groups attached to an aromatic ring is 1. The van der Waals surface area contributed by atoms with Crippen LogP contribution in [0.3, 0.4) is 0 Å². The molecule has 1 heterocycles. The van der Waals surface area contributed by atoms with Gasteiger partial charge in [0.2, 0.25) is 5.16 Å². The van der Waals surface area contributed by atoms with E-state index in [2.05, 4.69) is 10.2 Å². The molecular weight excluding hydrogens is 252 g/mol. The summed E-state index contributed by atoms with van der Waals surface area (Å²) in [6.07, 6.45) is 0.567. The van der Waals surface area contributed by atoms with E-state index in [4.69, 9.17) is 10.9 Å². The number of aromatic nitrogens is 3. The van der Waals surface area contributed by atoms with Crippen molar-refractivity contribution in [3.63, 3.8) is 0 Å². The number of thioether (sulfide) groups is 1. The monoisotopic (exact) mass is 264 g/mol. The van der Waals surface area contributed by atoms with E-state index in [9.17, 15) is 4.79 Å². The molecule has 18 heavy (non-hydrogen) atoms. The fraction of sp³-hybridized carbons (Fsp3) is 0.182. The van der Waals surface area contributed by atoms with Gasteiger partial charge in [-0.3, -0.25) is 4.79 Å². The largest absolute Gasteiger partial charge is 0.481 e.